The van der Waals surface area contributed by atoms with Gasteiger partial charge in [0.05, 0.1) is 20.5 Å². The van der Waals surface area contributed by atoms with E-state index in [1.54, 1.807) is 30.3 Å². The molecule has 148 valence electrons. The van der Waals surface area contributed by atoms with Gasteiger partial charge in [-0.15, -0.1) is 5.10 Å². The van der Waals surface area contributed by atoms with Crippen LogP contribution in [-0.4, -0.2) is 40.6 Å². The van der Waals surface area contributed by atoms with Crippen LogP contribution in [0.25, 0.3) is 21.1 Å². The summed E-state index contributed by atoms with van der Waals surface area (Å²) in [6, 6.07) is 10.4. The number of carbonyl (C=O) groups excluding carboxylic acids is 1. The van der Waals surface area contributed by atoms with E-state index in [-0.39, 0.29) is 4.90 Å². The minimum Gasteiger partial charge on any atom is -0.300 e. The van der Waals surface area contributed by atoms with Crippen LogP contribution in [0, 0.1) is 0 Å². The van der Waals surface area contributed by atoms with E-state index in [1.165, 1.54) is 19.1 Å². The molecule has 0 aliphatic heterocycles. The minimum absolute atomic E-state index is 0.179. The molecule has 9 nitrogen and oxygen atoms in total. The van der Waals surface area contributed by atoms with Crippen LogP contribution in [0.4, 0.5) is 5.13 Å². The van der Waals surface area contributed by atoms with Crippen molar-refractivity contribution in [3.63, 3.8) is 0 Å². The third-order valence-corrected chi connectivity index (χ3v) is 6.40. The van der Waals surface area contributed by atoms with Crippen molar-refractivity contribution in [3.05, 3.63) is 52.8 Å². The molecule has 0 aliphatic carbocycles. The third kappa shape index (κ3) is 3.61. The number of rotatable bonds is 4. The topological polar surface area (TPSA) is 124 Å². The van der Waals surface area contributed by atoms with Gasteiger partial charge in [0.2, 0.25) is 0 Å². The first kappa shape index (κ1) is 19.2. The highest BCUT2D eigenvalue weighted by Crippen LogP contribution is 2.28. The number of sulfone groups is 1. The maximum atomic E-state index is 12.6. The minimum atomic E-state index is -3.34. The highest BCUT2D eigenvalue weighted by Gasteiger charge is 2.21. The first-order valence-corrected chi connectivity index (χ1v) is 11.2. The van der Waals surface area contributed by atoms with E-state index in [4.69, 9.17) is 0 Å². The standard InChI is InChI=1S/C18H15N5O4S2/c1-10(23-17(25)12-5-3-4-6-13(12)21-22-23)16(24)20-18-19-14-8-7-11(29(2,26)27)9-15(14)28-18/h3-10H,1-2H3,(H,19,20,24). The average Bonchev–Trinajstić information content (AvgIpc) is 3.08. The Morgan fingerprint density at radius 3 is 2.69 bits per heavy atom. The molecule has 0 aliphatic rings. The molecule has 1 atom stereocenters. The van der Waals surface area contributed by atoms with Crippen molar-refractivity contribution in [1.29, 1.82) is 0 Å². The van der Waals surface area contributed by atoms with E-state index in [9.17, 15) is 18.0 Å². The van der Waals surface area contributed by atoms with Crippen LogP contribution in [0.1, 0.15) is 13.0 Å². The van der Waals surface area contributed by atoms with Gasteiger partial charge in [0.1, 0.15) is 11.6 Å². The SMILES string of the molecule is CC(C(=O)Nc1nc2ccc(S(C)(=O)=O)cc2s1)n1nnc2ccccc2c1=O. The maximum absolute atomic E-state index is 12.6. The third-order valence-electron chi connectivity index (χ3n) is 4.36. The zero-order valence-corrected chi connectivity index (χ0v) is 17.0. The number of anilines is 1. The Morgan fingerprint density at radius 1 is 1.17 bits per heavy atom. The largest absolute Gasteiger partial charge is 0.300 e. The lowest BCUT2D eigenvalue weighted by Crippen LogP contribution is -2.34. The Balaban J connectivity index is 1.62. The van der Waals surface area contributed by atoms with E-state index in [2.05, 4.69) is 20.6 Å². The zero-order valence-electron chi connectivity index (χ0n) is 15.4. The second-order valence-electron chi connectivity index (χ2n) is 6.44. The second kappa shape index (κ2) is 7.01. The van der Waals surface area contributed by atoms with Gasteiger partial charge in [-0.05, 0) is 37.3 Å². The van der Waals surface area contributed by atoms with Crippen molar-refractivity contribution < 1.29 is 13.2 Å². The van der Waals surface area contributed by atoms with Crippen molar-refractivity contribution in [2.45, 2.75) is 17.9 Å². The fourth-order valence-electron chi connectivity index (χ4n) is 2.77. The van der Waals surface area contributed by atoms with Gasteiger partial charge in [0.25, 0.3) is 11.5 Å². The highest BCUT2D eigenvalue weighted by molar-refractivity contribution is 7.90. The molecule has 0 fully saturated rings. The molecule has 0 radical (unpaired) electrons. The summed E-state index contributed by atoms with van der Waals surface area (Å²) in [4.78, 5) is 29.7. The van der Waals surface area contributed by atoms with Gasteiger partial charge in [-0.2, -0.15) is 4.68 Å². The number of thiazole rings is 1. The quantitative estimate of drug-likeness (QED) is 0.526. The predicted octanol–water partition coefficient (Wildman–Crippen LogP) is 2.00. The Morgan fingerprint density at radius 2 is 1.93 bits per heavy atom. The van der Waals surface area contributed by atoms with Crippen LogP contribution >= 0.6 is 11.3 Å². The molecule has 0 saturated carbocycles. The van der Waals surface area contributed by atoms with Crippen LogP contribution in [-0.2, 0) is 14.6 Å². The molecule has 0 bridgehead atoms. The number of benzene rings is 2. The lowest BCUT2D eigenvalue weighted by Gasteiger charge is -2.12. The lowest BCUT2D eigenvalue weighted by molar-refractivity contribution is -0.119. The summed E-state index contributed by atoms with van der Waals surface area (Å²) < 4.78 is 25.0. The predicted molar refractivity (Wildman–Crippen MR) is 110 cm³/mol. The number of fused-ring (bicyclic) bond motifs is 2. The molecule has 1 N–H and O–H groups in total. The van der Waals surface area contributed by atoms with Crippen molar-refractivity contribution in [2.75, 3.05) is 11.6 Å². The summed E-state index contributed by atoms with van der Waals surface area (Å²) in [5.74, 6) is -0.487. The highest BCUT2D eigenvalue weighted by atomic mass is 32.2. The van der Waals surface area contributed by atoms with Gasteiger partial charge in [-0.3, -0.25) is 9.59 Å². The van der Waals surface area contributed by atoms with Crippen LogP contribution in [0.2, 0.25) is 0 Å². The van der Waals surface area contributed by atoms with E-state index in [0.717, 1.165) is 22.3 Å². The summed E-state index contributed by atoms with van der Waals surface area (Å²) in [6.07, 6.45) is 1.13. The van der Waals surface area contributed by atoms with Crippen LogP contribution < -0.4 is 10.9 Å². The first-order valence-electron chi connectivity index (χ1n) is 8.50. The molecular formula is C18H15N5O4S2. The molecule has 2 aromatic carbocycles. The Labute approximate surface area is 168 Å². The van der Waals surface area contributed by atoms with Crippen LogP contribution in [0.3, 0.4) is 0 Å². The van der Waals surface area contributed by atoms with Gasteiger partial charge in [0.15, 0.2) is 15.0 Å². The summed E-state index contributed by atoms with van der Waals surface area (Å²) in [7, 11) is -3.34. The Bertz CT molecular complexity index is 1430. The van der Waals surface area contributed by atoms with E-state index >= 15 is 0 Å². The molecule has 4 rings (SSSR count). The first-order chi connectivity index (χ1) is 13.7. The van der Waals surface area contributed by atoms with Crippen molar-refractivity contribution in [3.8, 4) is 0 Å². The molecule has 1 unspecified atom stereocenters. The fraction of sp³-hybridized carbons (Fsp3) is 0.167. The Kier molecular flexibility index (Phi) is 4.63. The maximum Gasteiger partial charge on any atom is 0.278 e. The molecule has 2 aromatic heterocycles. The molecule has 29 heavy (non-hydrogen) atoms. The smallest absolute Gasteiger partial charge is 0.278 e. The molecule has 0 saturated heterocycles. The Hall–Kier alpha value is -3.18. The summed E-state index contributed by atoms with van der Waals surface area (Å²) in [5, 5.41) is 11.2. The number of carbonyl (C=O) groups is 1. The molecule has 11 heteroatoms. The number of hydrogen-bond acceptors (Lipinski definition) is 8. The van der Waals surface area contributed by atoms with Crippen molar-refractivity contribution in [2.24, 2.45) is 0 Å². The van der Waals surface area contributed by atoms with Crippen LogP contribution in [0.15, 0.2) is 52.2 Å². The molecule has 0 spiro atoms. The van der Waals surface area contributed by atoms with Gasteiger partial charge in [-0.1, -0.05) is 28.7 Å². The molecule has 4 aromatic rings. The van der Waals surface area contributed by atoms with Crippen molar-refractivity contribution >= 4 is 53.3 Å². The lowest BCUT2D eigenvalue weighted by atomic mass is 10.2. The van der Waals surface area contributed by atoms with Crippen LogP contribution in [0.5, 0.6) is 0 Å². The van der Waals surface area contributed by atoms with Gasteiger partial charge >= 0.3 is 0 Å². The normalized spacial score (nSPS) is 12.9. The number of aromatic nitrogens is 4. The van der Waals surface area contributed by atoms with E-state index in [1.807, 2.05) is 0 Å². The van der Waals surface area contributed by atoms with Gasteiger partial charge in [-0.25, -0.2) is 13.4 Å². The van der Waals surface area contributed by atoms with Crippen molar-refractivity contribution in [1.82, 2.24) is 20.0 Å². The average molecular weight is 429 g/mol. The van der Waals surface area contributed by atoms with Gasteiger partial charge in [0, 0.05) is 6.26 Å². The van der Waals surface area contributed by atoms with Gasteiger partial charge < -0.3 is 5.32 Å². The molecule has 1 amide bonds. The summed E-state index contributed by atoms with van der Waals surface area (Å²) in [6.45, 7) is 1.54. The molecular weight excluding hydrogens is 414 g/mol. The molecule has 2 heterocycles. The number of amides is 1. The van der Waals surface area contributed by atoms with E-state index in [0.29, 0.717) is 26.3 Å². The second-order valence-corrected chi connectivity index (χ2v) is 9.49. The van der Waals surface area contributed by atoms with E-state index < -0.39 is 27.3 Å². The number of nitrogens with one attached hydrogen (secondary N) is 1. The summed E-state index contributed by atoms with van der Waals surface area (Å²) >= 11 is 1.14. The summed E-state index contributed by atoms with van der Waals surface area (Å²) in [5.41, 5.74) is 0.600. The number of hydrogen-bond donors (Lipinski definition) is 1. The monoisotopic (exact) mass is 429 g/mol. The number of nitrogens with zero attached hydrogens (tertiary/aromatic N) is 4. The zero-order chi connectivity index (χ0) is 20.8. The fourth-order valence-corrected chi connectivity index (χ4v) is 4.40.